The number of nitrogens with zero attached hydrogens (tertiary/aromatic N) is 1. The molecule has 0 aliphatic heterocycles. The molecule has 1 heterocycles. The summed E-state index contributed by atoms with van der Waals surface area (Å²) in [5.74, 6) is -1.58. The molecule has 0 unspecified atom stereocenters. The second-order valence-corrected chi connectivity index (χ2v) is 6.24. The van der Waals surface area contributed by atoms with Gasteiger partial charge in [-0.3, -0.25) is 9.59 Å². The van der Waals surface area contributed by atoms with Gasteiger partial charge in [0.05, 0.1) is 6.21 Å². The molecule has 2 aromatic carbocycles. The van der Waals surface area contributed by atoms with E-state index in [9.17, 15) is 9.59 Å². The summed E-state index contributed by atoms with van der Waals surface area (Å²) >= 11 is 0. The molecular formula is C21H22N4O2. The number of aromatic nitrogens is 1. The number of carbonyl (C=O) groups is 2. The Balaban J connectivity index is 1.54. The Morgan fingerprint density at radius 2 is 1.85 bits per heavy atom. The van der Waals surface area contributed by atoms with E-state index in [2.05, 4.69) is 27.8 Å². The van der Waals surface area contributed by atoms with Gasteiger partial charge in [0, 0.05) is 28.4 Å². The van der Waals surface area contributed by atoms with Gasteiger partial charge in [0.25, 0.3) is 0 Å². The predicted molar refractivity (Wildman–Crippen MR) is 108 cm³/mol. The number of amides is 2. The fourth-order valence-corrected chi connectivity index (χ4v) is 2.74. The number of carbonyl (C=O) groups excluding carboxylic acids is 2. The molecule has 0 saturated heterocycles. The summed E-state index contributed by atoms with van der Waals surface area (Å²) in [4.78, 5) is 27.0. The van der Waals surface area contributed by atoms with Crippen molar-refractivity contribution in [3.63, 3.8) is 0 Å². The quantitative estimate of drug-likeness (QED) is 0.355. The molecule has 3 N–H and O–H groups in total. The van der Waals surface area contributed by atoms with Crippen LogP contribution in [0.1, 0.15) is 30.9 Å². The zero-order valence-electron chi connectivity index (χ0n) is 15.2. The van der Waals surface area contributed by atoms with E-state index in [1.54, 1.807) is 18.3 Å². The van der Waals surface area contributed by atoms with Gasteiger partial charge in [-0.15, -0.1) is 0 Å². The molecule has 27 heavy (non-hydrogen) atoms. The maximum Gasteiger partial charge on any atom is 0.329 e. The summed E-state index contributed by atoms with van der Waals surface area (Å²) in [6.45, 7) is 2.15. The smallest absolute Gasteiger partial charge is 0.329 e. The van der Waals surface area contributed by atoms with Crippen molar-refractivity contribution < 1.29 is 9.59 Å². The van der Waals surface area contributed by atoms with Gasteiger partial charge >= 0.3 is 11.8 Å². The molecule has 0 aliphatic rings. The highest BCUT2D eigenvalue weighted by molar-refractivity contribution is 6.39. The van der Waals surface area contributed by atoms with Crippen molar-refractivity contribution in [3.05, 3.63) is 65.9 Å². The second-order valence-electron chi connectivity index (χ2n) is 6.24. The lowest BCUT2D eigenvalue weighted by atomic mass is 10.1. The number of benzene rings is 2. The summed E-state index contributed by atoms with van der Waals surface area (Å²) in [6.07, 6.45) is 6.57. The molecule has 6 heteroatoms. The monoisotopic (exact) mass is 362 g/mol. The predicted octanol–water partition coefficient (Wildman–Crippen LogP) is 3.60. The van der Waals surface area contributed by atoms with Gasteiger partial charge in [-0.1, -0.05) is 43.7 Å². The third-order valence-corrected chi connectivity index (χ3v) is 4.23. The van der Waals surface area contributed by atoms with Crippen LogP contribution in [0.15, 0.2) is 59.8 Å². The molecule has 0 aliphatic carbocycles. The normalized spacial score (nSPS) is 11.0. The molecule has 3 rings (SSSR count). The molecule has 2 amide bonds. The van der Waals surface area contributed by atoms with Gasteiger partial charge in [0.1, 0.15) is 0 Å². The minimum atomic E-state index is -0.818. The van der Waals surface area contributed by atoms with Gasteiger partial charge in [-0.2, -0.15) is 5.10 Å². The summed E-state index contributed by atoms with van der Waals surface area (Å²) < 4.78 is 0. The highest BCUT2D eigenvalue weighted by Gasteiger charge is 2.12. The largest absolute Gasteiger partial charge is 0.361 e. The van der Waals surface area contributed by atoms with Crippen LogP contribution in [0, 0.1) is 0 Å². The highest BCUT2D eigenvalue weighted by Crippen LogP contribution is 2.15. The van der Waals surface area contributed by atoms with Crippen molar-refractivity contribution in [2.75, 3.05) is 5.32 Å². The average molecular weight is 362 g/mol. The number of aryl methyl sites for hydroxylation is 1. The van der Waals surface area contributed by atoms with E-state index >= 15 is 0 Å². The Hall–Kier alpha value is -3.41. The van der Waals surface area contributed by atoms with E-state index in [4.69, 9.17) is 0 Å². The number of aromatic amines is 1. The van der Waals surface area contributed by atoms with E-state index in [1.807, 2.05) is 36.4 Å². The molecule has 0 saturated carbocycles. The number of fused-ring (bicyclic) bond motifs is 1. The van der Waals surface area contributed by atoms with Gasteiger partial charge in [-0.05, 0) is 36.6 Å². The van der Waals surface area contributed by atoms with Crippen LogP contribution in [-0.4, -0.2) is 23.0 Å². The summed E-state index contributed by atoms with van der Waals surface area (Å²) in [5, 5.41) is 7.43. The highest BCUT2D eigenvalue weighted by atomic mass is 16.2. The summed E-state index contributed by atoms with van der Waals surface area (Å²) in [7, 11) is 0. The van der Waals surface area contributed by atoms with Crippen LogP contribution < -0.4 is 10.7 Å². The Kier molecular flexibility index (Phi) is 5.99. The van der Waals surface area contributed by atoms with Crippen LogP contribution in [-0.2, 0) is 16.0 Å². The molecule has 0 spiro atoms. The van der Waals surface area contributed by atoms with Crippen LogP contribution in [0.3, 0.4) is 0 Å². The van der Waals surface area contributed by atoms with Crippen molar-refractivity contribution in [2.24, 2.45) is 5.10 Å². The Labute approximate surface area is 157 Å². The lowest BCUT2D eigenvalue weighted by Crippen LogP contribution is -2.32. The number of nitrogens with one attached hydrogen (secondary N) is 3. The number of hydrazone groups is 1. The fraction of sp³-hybridized carbons (Fsp3) is 0.190. The maximum atomic E-state index is 12.0. The first-order valence-electron chi connectivity index (χ1n) is 8.97. The Morgan fingerprint density at radius 3 is 2.63 bits per heavy atom. The van der Waals surface area contributed by atoms with Crippen LogP contribution in [0.25, 0.3) is 10.9 Å². The van der Waals surface area contributed by atoms with E-state index in [1.165, 1.54) is 11.8 Å². The molecule has 0 bridgehead atoms. The zero-order valence-corrected chi connectivity index (χ0v) is 15.2. The van der Waals surface area contributed by atoms with Gasteiger partial charge < -0.3 is 10.3 Å². The lowest BCUT2D eigenvalue weighted by Gasteiger charge is -2.05. The number of hydrogen-bond acceptors (Lipinski definition) is 3. The molecule has 0 fully saturated rings. The second kappa shape index (κ2) is 8.80. The minimum Gasteiger partial charge on any atom is -0.361 e. The van der Waals surface area contributed by atoms with Crippen molar-refractivity contribution >= 4 is 34.6 Å². The van der Waals surface area contributed by atoms with Gasteiger partial charge in [0.15, 0.2) is 0 Å². The first kappa shape index (κ1) is 18.4. The number of unbranched alkanes of at least 4 members (excludes halogenated alkanes) is 1. The number of H-pyrrole nitrogens is 1. The molecule has 138 valence electrons. The van der Waals surface area contributed by atoms with Crippen LogP contribution in [0.2, 0.25) is 0 Å². The van der Waals surface area contributed by atoms with Crippen LogP contribution in [0.4, 0.5) is 5.69 Å². The van der Waals surface area contributed by atoms with E-state index in [-0.39, 0.29) is 0 Å². The Morgan fingerprint density at radius 1 is 1.07 bits per heavy atom. The number of rotatable bonds is 6. The third kappa shape index (κ3) is 4.82. The van der Waals surface area contributed by atoms with Crippen molar-refractivity contribution in [1.29, 1.82) is 0 Å². The molecular weight excluding hydrogens is 340 g/mol. The van der Waals surface area contributed by atoms with Crippen molar-refractivity contribution in [3.8, 4) is 0 Å². The maximum absolute atomic E-state index is 12.0. The molecule has 0 radical (unpaired) electrons. The molecule has 6 nitrogen and oxygen atoms in total. The SMILES string of the molecule is CCCCc1ccc(NC(=O)C(=O)NN=Cc2c[nH]c3ccccc23)cc1. The van der Waals surface area contributed by atoms with Crippen molar-refractivity contribution in [1.82, 2.24) is 10.4 Å². The van der Waals surface area contributed by atoms with Gasteiger partial charge in [-0.25, -0.2) is 5.43 Å². The Bertz CT molecular complexity index is 958. The zero-order chi connectivity index (χ0) is 19.1. The third-order valence-electron chi connectivity index (χ3n) is 4.23. The van der Waals surface area contributed by atoms with Crippen molar-refractivity contribution in [2.45, 2.75) is 26.2 Å². The number of anilines is 1. The van der Waals surface area contributed by atoms with Crippen LogP contribution in [0.5, 0.6) is 0 Å². The molecule has 3 aromatic rings. The minimum absolute atomic E-state index is 0.580. The topological polar surface area (TPSA) is 86.3 Å². The fourth-order valence-electron chi connectivity index (χ4n) is 2.74. The van der Waals surface area contributed by atoms with Crippen LogP contribution >= 0.6 is 0 Å². The summed E-state index contributed by atoms with van der Waals surface area (Å²) in [5.41, 5.74) is 5.84. The molecule has 1 aromatic heterocycles. The standard InChI is InChI=1S/C21H22N4O2/c1-2-3-6-15-9-11-17(12-10-15)24-20(26)21(27)25-23-14-16-13-22-19-8-5-4-7-18(16)19/h4-5,7-14,22H,2-3,6H2,1H3,(H,24,26)(H,25,27). The molecule has 0 atom stereocenters. The van der Waals surface area contributed by atoms with E-state index in [0.717, 1.165) is 35.7 Å². The summed E-state index contributed by atoms with van der Waals surface area (Å²) in [6, 6.07) is 15.3. The number of hydrogen-bond donors (Lipinski definition) is 3. The first-order chi connectivity index (χ1) is 13.2. The number of para-hydroxylation sites is 1. The van der Waals surface area contributed by atoms with Gasteiger partial charge in [0.2, 0.25) is 0 Å². The first-order valence-corrected chi connectivity index (χ1v) is 8.97. The lowest BCUT2D eigenvalue weighted by molar-refractivity contribution is -0.136. The van der Waals surface area contributed by atoms with E-state index in [0.29, 0.717) is 5.69 Å². The van der Waals surface area contributed by atoms with E-state index < -0.39 is 11.8 Å². The average Bonchev–Trinajstić information content (AvgIpc) is 3.10.